The molecule has 21 heavy (non-hydrogen) atoms. The van der Waals surface area contributed by atoms with Crippen molar-refractivity contribution in [3.05, 3.63) is 36.1 Å². The molecule has 0 radical (unpaired) electrons. The van der Waals surface area contributed by atoms with Gasteiger partial charge in [-0.05, 0) is 45.7 Å². The number of hydrogen-bond acceptors (Lipinski definition) is 3. The van der Waals surface area contributed by atoms with E-state index in [4.69, 9.17) is 9.15 Å². The molecule has 0 spiro atoms. The van der Waals surface area contributed by atoms with E-state index in [2.05, 4.69) is 0 Å². The summed E-state index contributed by atoms with van der Waals surface area (Å²) >= 11 is 0. The van der Waals surface area contributed by atoms with Crippen molar-refractivity contribution >= 4 is 17.1 Å². The summed E-state index contributed by atoms with van der Waals surface area (Å²) in [5, 5.41) is 1.07. The number of amides is 1. The first-order chi connectivity index (χ1) is 9.94. The summed E-state index contributed by atoms with van der Waals surface area (Å²) < 4.78 is 11.4. The van der Waals surface area contributed by atoms with Gasteiger partial charge in [0.15, 0.2) is 0 Å². The Hall–Kier alpha value is -1.97. The van der Waals surface area contributed by atoms with E-state index in [0.29, 0.717) is 0 Å². The zero-order chi connectivity index (χ0) is 15.0. The number of rotatable bonds is 1. The smallest absolute Gasteiger partial charge is 0.410 e. The van der Waals surface area contributed by atoms with Gasteiger partial charge in [0, 0.05) is 11.9 Å². The summed E-state index contributed by atoms with van der Waals surface area (Å²) in [6.45, 7) is 6.38. The van der Waals surface area contributed by atoms with Gasteiger partial charge in [0.05, 0.1) is 6.04 Å². The summed E-state index contributed by atoms with van der Waals surface area (Å²) in [5.74, 6) is 0.847. The molecule has 1 fully saturated rings. The predicted octanol–water partition coefficient (Wildman–Crippen LogP) is 4.50. The van der Waals surface area contributed by atoms with Gasteiger partial charge in [-0.25, -0.2) is 4.79 Å². The van der Waals surface area contributed by atoms with Crippen molar-refractivity contribution in [3.63, 3.8) is 0 Å². The van der Waals surface area contributed by atoms with Crippen molar-refractivity contribution in [3.8, 4) is 0 Å². The number of furan rings is 1. The monoisotopic (exact) mass is 287 g/mol. The third-order valence-corrected chi connectivity index (χ3v) is 3.65. The largest absolute Gasteiger partial charge is 0.459 e. The molecule has 2 heterocycles. The van der Waals surface area contributed by atoms with E-state index < -0.39 is 5.60 Å². The molecule has 112 valence electrons. The van der Waals surface area contributed by atoms with E-state index in [1.807, 2.05) is 51.1 Å². The zero-order valence-corrected chi connectivity index (χ0v) is 12.8. The van der Waals surface area contributed by atoms with Crippen LogP contribution in [0.4, 0.5) is 4.79 Å². The van der Waals surface area contributed by atoms with Crippen molar-refractivity contribution in [2.24, 2.45) is 0 Å². The number of benzene rings is 1. The number of likely N-dealkylation sites (tertiary alicyclic amines) is 1. The maximum atomic E-state index is 12.3. The minimum atomic E-state index is -0.474. The molecule has 0 saturated carbocycles. The third-order valence-electron chi connectivity index (χ3n) is 3.65. The fourth-order valence-corrected chi connectivity index (χ4v) is 2.77. The first-order valence-electron chi connectivity index (χ1n) is 7.42. The lowest BCUT2D eigenvalue weighted by Gasteiger charge is -2.27. The van der Waals surface area contributed by atoms with Gasteiger partial charge in [0.2, 0.25) is 0 Å². The van der Waals surface area contributed by atoms with E-state index in [-0.39, 0.29) is 12.1 Å². The Bertz CT molecular complexity index is 620. The van der Waals surface area contributed by atoms with Crippen LogP contribution < -0.4 is 0 Å². The molecule has 1 aliphatic rings. The maximum Gasteiger partial charge on any atom is 0.410 e. The van der Waals surface area contributed by atoms with Gasteiger partial charge in [-0.3, -0.25) is 4.90 Å². The van der Waals surface area contributed by atoms with Crippen molar-refractivity contribution in [2.75, 3.05) is 6.54 Å². The molecule has 1 unspecified atom stereocenters. The highest BCUT2D eigenvalue weighted by Crippen LogP contribution is 2.35. The molecule has 0 N–H and O–H groups in total. The number of nitrogens with zero attached hydrogens (tertiary/aromatic N) is 1. The molecule has 1 aromatic carbocycles. The second-order valence-corrected chi connectivity index (χ2v) is 6.52. The highest BCUT2D eigenvalue weighted by Gasteiger charge is 2.35. The summed E-state index contributed by atoms with van der Waals surface area (Å²) in [6.07, 6.45) is 1.63. The minimum Gasteiger partial charge on any atom is -0.459 e. The summed E-state index contributed by atoms with van der Waals surface area (Å²) in [4.78, 5) is 14.1. The van der Waals surface area contributed by atoms with Crippen LogP contribution in [0, 0.1) is 0 Å². The third kappa shape index (κ3) is 2.89. The Labute approximate surface area is 124 Å². The summed E-state index contributed by atoms with van der Waals surface area (Å²) in [5.41, 5.74) is 0.390. The van der Waals surface area contributed by atoms with E-state index in [1.165, 1.54) is 0 Å². The molecule has 1 amide bonds. The number of para-hydroxylation sites is 1. The summed E-state index contributed by atoms with van der Waals surface area (Å²) in [7, 11) is 0. The van der Waals surface area contributed by atoms with Crippen molar-refractivity contribution in [1.29, 1.82) is 0 Å². The van der Waals surface area contributed by atoms with Gasteiger partial charge in [0.25, 0.3) is 0 Å². The van der Waals surface area contributed by atoms with Crippen LogP contribution in [0.3, 0.4) is 0 Å². The Morgan fingerprint density at radius 3 is 2.81 bits per heavy atom. The number of hydrogen-bond donors (Lipinski definition) is 0. The fraction of sp³-hybridized carbons (Fsp3) is 0.471. The topological polar surface area (TPSA) is 42.7 Å². The molecule has 1 aromatic heterocycles. The number of fused-ring (bicyclic) bond motifs is 1. The Morgan fingerprint density at radius 2 is 2.10 bits per heavy atom. The van der Waals surface area contributed by atoms with Crippen LogP contribution in [0.25, 0.3) is 11.0 Å². The first-order valence-corrected chi connectivity index (χ1v) is 7.42. The minimum absolute atomic E-state index is 0.0211. The molecule has 1 aliphatic heterocycles. The summed E-state index contributed by atoms with van der Waals surface area (Å²) in [6, 6.07) is 9.92. The Morgan fingerprint density at radius 1 is 1.33 bits per heavy atom. The maximum absolute atomic E-state index is 12.3. The predicted molar refractivity (Wildman–Crippen MR) is 81.1 cm³/mol. The quantitative estimate of drug-likeness (QED) is 0.775. The van der Waals surface area contributed by atoms with Crippen molar-refractivity contribution < 1.29 is 13.9 Å². The molecule has 0 bridgehead atoms. The highest BCUT2D eigenvalue weighted by atomic mass is 16.6. The zero-order valence-electron chi connectivity index (χ0n) is 12.8. The fourth-order valence-electron chi connectivity index (χ4n) is 2.77. The molecule has 3 rings (SSSR count). The molecule has 0 aliphatic carbocycles. The molecular formula is C17H21NO3. The average molecular weight is 287 g/mol. The number of carbonyl (C=O) groups excluding carboxylic acids is 1. The highest BCUT2D eigenvalue weighted by molar-refractivity contribution is 5.78. The van der Waals surface area contributed by atoms with Gasteiger partial charge < -0.3 is 9.15 Å². The van der Waals surface area contributed by atoms with E-state index >= 15 is 0 Å². The number of ether oxygens (including phenoxy) is 1. The van der Waals surface area contributed by atoms with Crippen LogP contribution in [0.5, 0.6) is 0 Å². The lowest BCUT2D eigenvalue weighted by Crippen LogP contribution is -2.36. The van der Waals surface area contributed by atoms with Crippen LogP contribution in [0.15, 0.2) is 34.7 Å². The molecule has 1 atom stereocenters. The van der Waals surface area contributed by atoms with E-state index in [9.17, 15) is 4.79 Å². The molecule has 1 saturated heterocycles. The lowest BCUT2D eigenvalue weighted by molar-refractivity contribution is 0.0209. The van der Waals surface area contributed by atoms with Gasteiger partial charge >= 0.3 is 6.09 Å². The van der Waals surface area contributed by atoms with Gasteiger partial charge in [-0.2, -0.15) is 0 Å². The molecular weight excluding hydrogens is 266 g/mol. The van der Waals surface area contributed by atoms with Crippen LogP contribution in [0.1, 0.15) is 45.4 Å². The normalized spacial score (nSPS) is 19.2. The van der Waals surface area contributed by atoms with Gasteiger partial charge in [-0.15, -0.1) is 0 Å². The average Bonchev–Trinajstić information content (AvgIpc) is 3.02. The SMILES string of the molecule is CC(C)(C)OC(=O)N1CCCC1c1cc2ccccc2o1. The first kappa shape index (κ1) is 14.0. The molecule has 4 nitrogen and oxygen atoms in total. The Kier molecular flexibility index (Phi) is 3.40. The second-order valence-electron chi connectivity index (χ2n) is 6.52. The van der Waals surface area contributed by atoms with Crippen LogP contribution in [0.2, 0.25) is 0 Å². The second kappa shape index (κ2) is 5.10. The van der Waals surface area contributed by atoms with E-state index in [0.717, 1.165) is 36.1 Å². The van der Waals surface area contributed by atoms with Crippen LogP contribution >= 0.6 is 0 Å². The molecule has 2 aromatic rings. The van der Waals surface area contributed by atoms with Gasteiger partial charge in [0.1, 0.15) is 16.9 Å². The Balaban J connectivity index is 1.85. The molecule has 4 heteroatoms. The standard InChI is InChI=1S/C17H21NO3/c1-17(2,3)21-16(19)18-10-6-8-13(18)15-11-12-7-4-5-9-14(12)20-15/h4-5,7,9,11,13H,6,8,10H2,1-3H3. The van der Waals surface area contributed by atoms with Gasteiger partial charge in [-0.1, -0.05) is 18.2 Å². The van der Waals surface area contributed by atoms with Crippen LogP contribution in [-0.2, 0) is 4.74 Å². The van der Waals surface area contributed by atoms with Crippen LogP contribution in [-0.4, -0.2) is 23.1 Å². The van der Waals surface area contributed by atoms with Crippen molar-refractivity contribution in [2.45, 2.75) is 45.3 Å². The lowest BCUT2D eigenvalue weighted by atomic mass is 10.1. The van der Waals surface area contributed by atoms with Crippen molar-refractivity contribution in [1.82, 2.24) is 4.90 Å². The van der Waals surface area contributed by atoms with E-state index in [1.54, 1.807) is 4.90 Å². The number of carbonyl (C=O) groups is 1.